The van der Waals surface area contributed by atoms with E-state index in [9.17, 15) is 9.18 Å². The third-order valence-electron chi connectivity index (χ3n) is 4.43. The second-order valence-corrected chi connectivity index (χ2v) is 7.57. The highest BCUT2D eigenvalue weighted by atomic mass is 32.1. The second-order valence-electron chi connectivity index (χ2n) is 6.71. The van der Waals surface area contributed by atoms with Crippen molar-refractivity contribution in [2.24, 2.45) is 0 Å². The number of thiazole rings is 1. The number of amides is 1. The number of anilines is 1. The smallest absolute Gasteiger partial charge is 0.250 e. The number of aromatic nitrogens is 1. The molecule has 3 aromatic carbocycles. The normalized spacial score (nSPS) is 10.9. The van der Waals surface area contributed by atoms with Crippen LogP contribution in [0.1, 0.15) is 11.1 Å². The summed E-state index contributed by atoms with van der Waals surface area (Å²) in [5.74, 6) is 0.194. The Hall–Kier alpha value is -3.77. The SMILES string of the molecule is O=C(C=Cc1ccc(OCc2ccccc2)cc1)Nc1nc(-c2ccc(F)cc2)cs1. The van der Waals surface area contributed by atoms with E-state index in [4.69, 9.17) is 4.74 Å². The molecule has 1 N–H and O–H groups in total. The number of halogens is 1. The van der Waals surface area contributed by atoms with Crippen LogP contribution in [0.4, 0.5) is 9.52 Å². The van der Waals surface area contributed by atoms with E-state index in [0.717, 1.165) is 22.4 Å². The van der Waals surface area contributed by atoms with E-state index in [1.807, 2.05) is 60.0 Å². The van der Waals surface area contributed by atoms with Gasteiger partial charge in [0, 0.05) is 17.0 Å². The maximum atomic E-state index is 13.0. The van der Waals surface area contributed by atoms with Crippen LogP contribution in [-0.2, 0) is 11.4 Å². The van der Waals surface area contributed by atoms with E-state index in [1.54, 1.807) is 18.2 Å². The third-order valence-corrected chi connectivity index (χ3v) is 5.19. The lowest BCUT2D eigenvalue weighted by molar-refractivity contribution is -0.111. The third kappa shape index (κ3) is 5.87. The van der Waals surface area contributed by atoms with E-state index >= 15 is 0 Å². The summed E-state index contributed by atoms with van der Waals surface area (Å²) in [6.45, 7) is 0.506. The van der Waals surface area contributed by atoms with Crippen LogP contribution in [0.15, 0.2) is 90.3 Å². The Kier molecular flexibility index (Phi) is 6.50. The molecule has 0 aliphatic carbocycles. The molecule has 6 heteroatoms. The topological polar surface area (TPSA) is 51.2 Å². The minimum absolute atomic E-state index is 0.274. The molecule has 31 heavy (non-hydrogen) atoms. The van der Waals surface area contributed by atoms with Gasteiger partial charge in [0.1, 0.15) is 18.2 Å². The number of rotatable bonds is 7. The van der Waals surface area contributed by atoms with Crippen LogP contribution in [0.2, 0.25) is 0 Å². The van der Waals surface area contributed by atoms with Gasteiger partial charge >= 0.3 is 0 Å². The maximum absolute atomic E-state index is 13.0. The molecule has 0 bridgehead atoms. The Morgan fingerprint density at radius 2 is 1.74 bits per heavy atom. The van der Waals surface area contributed by atoms with Gasteiger partial charge in [0.2, 0.25) is 5.91 Å². The molecular weight excluding hydrogens is 411 g/mol. The van der Waals surface area contributed by atoms with Crippen molar-refractivity contribution in [3.8, 4) is 17.0 Å². The van der Waals surface area contributed by atoms with Crippen LogP contribution < -0.4 is 10.1 Å². The average molecular weight is 431 g/mol. The van der Waals surface area contributed by atoms with Crippen LogP contribution in [0.25, 0.3) is 17.3 Å². The lowest BCUT2D eigenvalue weighted by atomic mass is 10.2. The van der Waals surface area contributed by atoms with Gasteiger partial charge in [-0.25, -0.2) is 9.37 Å². The molecule has 0 fully saturated rings. The predicted molar refractivity (Wildman–Crippen MR) is 122 cm³/mol. The Morgan fingerprint density at radius 3 is 2.48 bits per heavy atom. The van der Waals surface area contributed by atoms with Crippen LogP contribution in [0.5, 0.6) is 5.75 Å². The van der Waals surface area contributed by atoms with Crippen molar-refractivity contribution < 1.29 is 13.9 Å². The summed E-state index contributed by atoms with van der Waals surface area (Å²) in [4.78, 5) is 16.6. The largest absolute Gasteiger partial charge is 0.489 e. The number of hydrogen-bond acceptors (Lipinski definition) is 4. The van der Waals surface area contributed by atoms with Crippen LogP contribution in [0.3, 0.4) is 0 Å². The molecule has 4 nitrogen and oxygen atoms in total. The molecule has 0 radical (unpaired) electrons. The molecule has 4 rings (SSSR count). The van der Waals surface area contributed by atoms with E-state index in [-0.39, 0.29) is 11.7 Å². The fourth-order valence-corrected chi connectivity index (χ4v) is 3.54. The summed E-state index contributed by atoms with van der Waals surface area (Å²) in [5.41, 5.74) is 3.47. The van der Waals surface area contributed by atoms with E-state index in [2.05, 4.69) is 10.3 Å². The van der Waals surface area contributed by atoms with Crippen molar-refractivity contribution in [1.82, 2.24) is 4.98 Å². The van der Waals surface area contributed by atoms with Crippen molar-refractivity contribution in [3.05, 3.63) is 107 Å². The number of carbonyl (C=O) groups excluding carboxylic acids is 1. The van der Waals surface area contributed by atoms with Crippen LogP contribution in [0, 0.1) is 5.82 Å². The Morgan fingerprint density at radius 1 is 1.00 bits per heavy atom. The molecule has 0 aliphatic heterocycles. The van der Waals surface area contributed by atoms with Crippen molar-refractivity contribution in [3.63, 3.8) is 0 Å². The molecule has 4 aromatic rings. The molecule has 0 atom stereocenters. The first-order valence-corrected chi connectivity index (χ1v) is 10.5. The fraction of sp³-hybridized carbons (Fsp3) is 0.0400. The molecule has 0 spiro atoms. The monoisotopic (exact) mass is 430 g/mol. The van der Waals surface area contributed by atoms with Gasteiger partial charge in [0.05, 0.1) is 5.69 Å². The van der Waals surface area contributed by atoms with Crippen molar-refractivity contribution in [1.29, 1.82) is 0 Å². The first kappa shape index (κ1) is 20.5. The first-order valence-electron chi connectivity index (χ1n) is 9.63. The summed E-state index contributed by atoms with van der Waals surface area (Å²) in [6.07, 6.45) is 3.18. The van der Waals surface area contributed by atoms with Crippen LogP contribution in [-0.4, -0.2) is 10.9 Å². The highest BCUT2D eigenvalue weighted by Crippen LogP contribution is 2.25. The minimum Gasteiger partial charge on any atom is -0.489 e. The van der Waals surface area contributed by atoms with Crippen molar-refractivity contribution >= 4 is 28.5 Å². The lowest BCUT2D eigenvalue weighted by Gasteiger charge is -2.06. The predicted octanol–water partition coefficient (Wildman–Crippen LogP) is 6.18. The summed E-state index contributed by atoms with van der Waals surface area (Å²) >= 11 is 1.32. The minimum atomic E-state index is -0.298. The molecule has 1 aromatic heterocycles. The zero-order valence-electron chi connectivity index (χ0n) is 16.5. The molecule has 1 heterocycles. The Labute approximate surface area is 183 Å². The number of hydrogen-bond donors (Lipinski definition) is 1. The maximum Gasteiger partial charge on any atom is 0.250 e. The molecule has 0 unspecified atom stereocenters. The van der Waals surface area contributed by atoms with Gasteiger partial charge in [-0.1, -0.05) is 42.5 Å². The van der Waals surface area contributed by atoms with Gasteiger partial charge in [-0.3, -0.25) is 10.1 Å². The molecule has 0 aliphatic rings. The number of nitrogens with zero attached hydrogens (tertiary/aromatic N) is 1. The zero-order valence-corrected chi connectivity index (χ0v) is 17.3. The summed E-state index contributed by atoms with van der Waals surface area (Å²) < 4.78 is 18.8. The number of benzene rings is 3. The van der Waals surface area contributed by atoms with Gasteiger partial charge in [-0.15, -0.1) is 11.3 Å². The van der Waals surface area contributed by atoms with E-state index < -0.39 is 0 Å². The molecule has 1 amide bonds. The highest BCUT2D eigenvalue weighted by Gasteiger charge is 2.06. The van der Waals surface area contributed by atoms with Gasteiger partial charge in [0.15, 0.2) is 5.13 Å². The Balaban J connectivity index is 1.30. The van der Waals surface area contributed by atoms with E-state index in [1.165, 1.54) is 29.5 Å². The first-order chi connectivity index (χ1) is 15.2. The summed E-state index contributed by atoms with van der Waals surface area (Å²) in [6, 6.07) is 23.6. The number of nitrogens with one attached hydrogen (secondary N) is 1. The van der Waals surface area contributed by atoms with Gasteiger partial charge in [-0.2, -0.15) is 0 Å². The zero-order chi connectivity index (χ0) is 21.5. The standard InChI is InChI=1S/C25H19FN2O2S/c26-21-11-9-20(10-12-21)23-17-31-25(27-23)28-24(29)15-8-18-6-13-22(14-7-18)30-16-19-4-2-1-3-5-19/h1-15,17H,16H2,(H,27,28,29). The average Bonchev–Trinajstić information content (AvgIpc) is 3.26. The summed E-state index contributed by atoms with van der Waals surface area (Å²) in [5, 5.41) is 5.05. The second kappa shape index (κ2) is 9.82. The van der Waals surface area contributed by atoms with Gasteiger partial charge in [0.25, 0.3) is 0 Å². The lowest BCUT2D eigenvalue weighted by Crippen LogP contribution is -2.07. The quantitative estimate of drug-likeness (QED) is 0.356. The molecule has 0 saturated heterocycles. The molecule has 0 saturated carbocycles. The number of ether oxygens (including phenoxy) is 1. The molecule has 154 valence electrons. The fourth-order valence-electron chi connectivity index (χ4n) is 2.82. The summed E-state index contributed by atoms with van der Waals surface area (Å²) in [7, 11) is 0. The van der Waals surface area contributed by atoms with Crippen molar-refractivity contribution in [2.75, 3.05) is 5.32 Å². The van der Waals surface area contributed by atoms with Gasteiger partial charge < -0.3 is 4.74 Å². The van der Waals surface area contributed by atoms with Crippen LogP contribution >= 0.6 is 11.3 Å². The number of carbonyl (C=O) groups is 1. The Bertz CT molecular complexity index is 1170. The highest BCUT2D eigenvalue weighted by molar-refractivity contribution is 7.14. The van der Waals surface area contributed by atoms with Crippen molar-refractivity contribution in [2.45, 2.75) is 6.61 Å². The molecular formula is C25H19FN2O2S. The van der Waals surface area contributed by atoms with Gasteiger partial charge in [-0.05, 0) is 53.6 Å². The van der Waals surface area contributed by atoms with E-state index in [0.29, 0.717) is 17.4 Å².